The first-order valence-electron chi connectivity index (χ1n) is 9.75. The lowest BCUT2D eigenvalue weighted by molar-refractivity contribution is 0.143. The SMILES string of the molecule is NC(=O)N1CCCCC[C@H]1C1CCN(c2ncnc3ccccc23)CC1. The van der Waals surface area contributed by atoms with E-state index in [1.807, 2.05) is 23.1 Å². The summed E-state index contributed by atoms with van der Waals surface area (Å²) in [6.45, 7) is 2.75. The number of hydrogen-bond acceptors (Lipinski definition) is 4. The Balaban J connectivity index is 1.49. The van der Waals surface area contributed by atoms with Crippen molar-refractivity contribution < 1.29 is 4.79 Å². The number of piperidine rings is 1. The van der Waals surface area contributed by atoms with Gasteiger partial charge in [0, 0.05) is 31.1 Å². The highest BCUT2D eigenvalue weighted by atomic mass is 16.2. The van der Waals surface area contributed by atoms with E-state index in [0.717, 1.165) is 62.0 Å². The van der Waals surface area contributed by atoms with E-state index >= 15 is 0 Å². The predicted molar refractivity (Wildman–Crippen MR) is 103 cm³/mol. The van der Waals surface area contributed by atoms with Gasteiger partial charge in [0.1, 0.15) is 12.1 Å². The van der Waals surface area contributed by atoms with Gasteiger partial charge >= 0.3 is 6.03 Å². The molecule has 1 aromatic carbocycles. The van der Waals surface area contributed by atoms with Crippen molar-refractivity contribution in [2.45, 2.75) is 44.6 Å². The highest BCUT2D eigenvalue weighted by molar-refractivity contribution is 5.89. The van der Waals surface area contributed by atoms with Crippen molar-refractivity contribution in [2.75, 3.05) is 24.5 Å². The Morgan fingerprint density at radius 2 is 1.81 bits per heavy atom. The topological polar surface area (TPSA) is 75.4 Å². The molecule has 1 aromatic heterocycles. The quantitative estimate of drug-likeness (QED) is 0.900. The summed E-state index contributed by atoms with van der Waals surface area (Å²) in [4.78, 5) is 25.1. The molecular weight excluding hydrogens is 326 g/mol. The van der Waals surface area contributed by atoms with Crippen LogP contribution >= 0.6 is 0 Å². The molecule has 2 aliphatic rings. The van der Waals surface area contributed by atoms with Gasteiger partial charge in [-0.2, -0.15) is 0 Å². The Morgan fingerprint density at radius 3 is 2.62 bits per heavy atom. The van der Waals surface area contributed by atoms with Crippen LogP contribution in [0.1, 0.15) is 38.5 Å². The average Bonchev–Trinajstić information content (AvgIpc) is 2.94. The number of carbonyl (C=O) groups is 1. The van der Waals surface area contributed by atoms with E-state index in [4.69, 9.17) is 5.73 Å². The second-order valence-electron chi connectivity index (χ2n) is 7.49. The van der Waals surface area contributed by atoms with Crippen LogP contribution in [-0.2, 0) is 0 Å². The molecule has 0 unspecified atom stereocenters. The Labute approximate surface area is 154 Å². The van der Waals surface area contributed by atoms with Gasteiger partial charge in [-0.3, -0.25) is 0 Å². The van der Waals surface area contributed by atoms with Crippen molar-refractivity contribution in [3.8, 4) is 0 Å². The zero-order valence-electron chi connectivity index (χ0n) is 15.2. The molecule has 2 saturated heterocycles. The molecule has 2 fully saturated rings. The van der Waals surface area contributed by atoms with E-state index in [-0.39, 0.29) is 6.03 Å². The minimum atomic E-state index is -0.249. The number of fused-ring (bicyclic) bond motifs is 1. The number of urea groups is 1. The van der Waals surface area contributed by atoms with Crippen molar-refractivity contribution in [1.29, 1.82) is 0 Å². The van der Waals surface area contributed by atoms with Gasteiger partial charge < -0.3 is 15.5 Å². The first-order valence-corrected chi connectivity index (χ1v) is 9.75. The van der Waals surface area contributed by atoms with E-state index in [9.17, 15) is 4.79 Å². The molecule has 0 bridgehead atoms. The molecule has 1 atom stereocenters. The minimum absolute atomic E-state index is 0.249. The van der Waals surface area contributed by atoms with E-state index in [1.54, 1.807) is 6.33 Å². The fraction of sp³-hybridized carbons (Fsp3) is 0.550. The Hall–Kier alpha value is -2.37. The maximum Gasteiger partial charge on any atom is 0.315 e. The van der Waals surface area contributed by atoms with Gasteiger partial charge in [-0.25, -0.2) is 14.8 Å². The second kappa shape index (κ2) is 7.48. The molecule has 0 radical (unpaired) electrons. The first-order chi connectivity index (χ1) is 12.7. The fourth-order valence-corrected chi connectivity index (χ4v) is 4.64. The average molecular weight is 353 g/mol. The van der Waals surface area contributed by atoms with Crippen molar-refractivity contribution in [2.24, 2.45) is 11.7 Å². The lowest BCUT2D eigenvalue weighted by Gasteiger charge is -2.40. The van der Waals surface area contributed by atoms with Crippen LogP contribution in [0.25, 0.3) is 10.9 Å². The third-order valence-electron chi connectivity index (χ3n) is 5.99. The molecule has 4 rings (SSSR count). The number of benzene rings is 1. The molecule has 0 spiro atoms. The monoisotopic (exact) mass is 353 g/mol. The molecule has 0 aliphatic carbocycles. The lowest BCUT2D eigenvalue weighted by Crippen LogP contribution is -2.49. The van der Waals surface area contributed by atoms with Crippen LogP contribution in [0.5, 0.6) is 0 Å². The number of carbonyl (C=O) groups excluding carboxylic acids is 1. The van der Waals surface area contributed by atoms with Gasteiger partial charge in [0.15, 0.2) is 0 Å². The molecule has 2 aromatic rings. The summed E-state index contributed by atoms with van der Waals surface area (Å²) in [6, 6.07) is 8.23. The number of likely N-dealkylation sites (tertiary alicyclic amines) is 1. The van der Waals surface area contributed by atoms with Crippen LogP contribution in [0.3, 0.4) is 0 Å². The number of primary amides is 1. The van der Waals surface area contributed by atoms with E-state index < -0.39 is 0 Å². The number of nitrogens with two attached hydrogens (primary N) is 1. The highest BCUT2D eigenvalue weighted by Gasteiger charge is 2.33. The van der Waals surface area contributed by atoms with Crippen molar-refractivity contribution in [3.05, 3.63) is 30.6 Å². The van der Waals surface area contributed by atoms with Crippen LogP contribution in [0.4, 0.5) is 10.6 Å². The largest absolute Gasteiger partial charge is 0.356 e. The van der Waals surface area contributed by atoms with Crippen molar-refractivity contribution >= 4 is 22.8 Å². The second-order valence-corrected chi connectivity index (χ2v) is 7.49. The van der Waals surface area contributed by atoms with Crippen LogP contribution in [0, 0.1) is 5.92 Å². The predicted octanol–water partition coefficient (Wildman–Crippen LogP) is 3.17. The summed E-state index contributed by atoms with van der Waals surface area (Å²) in [5.41, 5.74) is 6.66. The summed E-state index contributed by atoms with van der Waals surface area (Å²) >= 11 is 0. The molecular formula is C20H27N5O. The van der Waals surface area contributed by atoms with Crippen LogP contribution in [0.15, 0.2) is 30.6 Å². The molecule has 138 valence electrons. The molecule has 6 nitrogen and oxygen atoms in total. The molecule has 6 heteroatoms. The number of rotatable bonds is 2. The van der Waals surface area contributed by atoms with Gasteiger partial charge in [-0.1, -0.05) is 25.0 Å². The number of hydrogen-bond donors (Lipinski definition) is 1. The molecule has 2 N–H and O–H groups in total. The summed E-state index contributed by atoms with van der Waals surface area (Å²) in [5, 5.41) is 1.11. The van der Waals surface area contributed by atoms with Gasteiger partial charge in [-0.05, 0) is 43.7 Å². The van der Waals surface area contributed by atoms with Crippen molar-refractivity contribution in [1.82, 2.24) is 14.9 Å². The number of nitrogens with zero attached hydrogens (tertiary/aromatic N) is 4. The van der Waals surface area contributed by atoms with E-state index in [0.29, 0.717) is 12.0 Å². The zero-order chi connectivity index (χ0) is 17.9. The van der Waals surface area contributed by atoms with E-state index in [2.05, 4.69) is 20.9 Å². The van der Waals surface area contributed by atoms with Crippen molar-refractivity contribution in [3.63, 3.8) is 0 Å². The molecule has 3 heterocycles. The van der Waals surface area contributed by atoms with E-state index in [1.165, 1.54) is 12.8 Å². The minimum Gasteiger partial charge on any atom is -0.356 e. The zero-order valence-corrected chi connectivity index (χ0v) is 15.2. The Kier molecular flexibility index (Phi) is 4.91. The highest BCUT2D eigenvalue weighted by Crippen LogP contribution is 2.32. The van der Waals surface area contributed by atoms with Crippen LogP contribution in [-0.4, -0.2) is 46.6 Å². The summed E-state index contributed by atoms with van der Waals surface area (Å²) < 4.78 is 0. The number of para-hydroxylation sites is 1. The van der Waals surface area contributed by atoms with Gasteiger partial charge in [-0.15, -0.1) is 0 Å². The third kappa shape index (κ3) is 3.32. The molecule has 26 heavy (non-hydrogen) atoms. The van der Waals surface area contributed by atoms with Crippen LogP contribution in [0.2, 0.25) is 0 Å². The maximum absolute atomic E-state index is 11.9. The smallest absolute Gasteiger partial charge is 0.315 e. The molecule has 0 saturated carbocycles. The first kappa shape index (κ1) is 17.1. The number of aromatic nitrogens is 2. The maximum atomic E-state index is 11.9. The number of amides is 2. The van der Waals surface area contributed by atoms with Gasteiger partial charge in [0.25, 0.3) is 0 Å². The Bertz CT molecular complexity index is 766. The normalized spacial score (nSPS) is 22.4. The fourth-order valence-electron chi connectivity index (χ4n) is 4.64. The summed E-state index contributed by atoms with van der Waals surface area (Å²) in [5.74, 6) is 1.56. The standard InChI is InChI=1S/C20H27N5O/c21-20(26)25-11-5-1-2-8-18(25)15-9-12-24(13-10-15)19-16-6-3-4-7-17(16)22-14-23-19/h3-4,6-7,14-15,18H,1-2,5,8-13H2,(H2,21,26)/t18-/m0/s1. The van der Waals surface area contributed by atoms with Gasteiger partial charge in [0.2, 0.25) is 0 Å². The molecule has 2 aliphatic heterocycles. The molecule has 2 amide bonds. The van der Waals surface area contributed by atoms with Crippen LogP contribution < -0.4 is 10.6 Å². The summed E-state index contributed by atoms with van der Waals surface area (Å²) in [7, 11) is 0. The summed E-state index contributed by atoms with van der Waals surface area (Å²) in [6.07, 6.45) is 8.37. The number of anilines is 1. The lowest BCUT2D eigenvalue weighted by atomic mass is 9.86. The van der Waals surface area contributed by atoms with Gasteiger partial charge in [0.05, 0.1) is 5.52 Å². The third-order valence-corrected chi connectivity index (χ3v) is 5.99. The Morgan fingerprint density at radius 1 is 1.00 bits per heavy atom.